The Kier molecular flexibility index (Phi) is 7.44. The number of carbonyl (C=O) groups is 2. The second-order valence-electron chi connectivity index (χ2n) is 7.61. The maximum Gasteiger partial charge on any atom is 0.291 e. The number of nitrogens with zero attached hydrogens (tertiary/aromatic N) is 3. The van der Waals surface area contributed by atoms with E-state index in [4.69, 9.17) is 9.15 Å². The fourth-order valence-corrected chi connectivity index (χ4v) is 2.80. The number of aromatic nitrogens is 2. The van der Waals surface area contributed by atoms with Crippen molar-refractivity contribution in [2.24, 2.45) is 5.92 Å². The molecule has 174 valence electrons. The first kappa shape index (κ1) is 23.5. The zero-order valence-corrected chi connectivity index (χ0v) is 18.5. The summed E-state index contributed by atoms with van der Waals surface area (Å²) in [6.45, 7) is 6.88. The number of furan rings is 1. The fourth-order valence-electron chi connectivity index (χ4n) is 2.80. The van der Waals surface area contributed by atoms with E-state index in [9.17, 15) is 19.7 Å². The molecule has 0 unspecified atom stereocenters. The number of rotatable bonds is 10. The molecule has 0 aliphatic carbocycles. The van der Waals surface area contributed by atoms with Crippen molar-refractivity contribution >= 4 is 23.2 Å². The number of aryl methyl sites for hydroxylation is 1. The van der Waals surface area contributed by atoms with E-state index in [1.165, 1.54) is 30.3 Å². The van der Waals surface area contributed by atoms with Gasteiger partial charge in [0.15, 0.2) is 11.5 Å². The molecule has 33 heavy (non-hydrogen) atoms. The second-order valence-corrected chi connectivity index (χ2v) is 7.61. The summed E-state index contributed by atoms with van der Waals surface area (Å²) in [5.74, 6) is 0.211. The molecule has 11 heteroatoms. The van der Waals surface area contributed by atoms with Gasteiger partial charge in [-0.25, -0.2) is 0 Å². The standard InChI is InChI=1S/C22H25N5O6/c1-4-26-12-18(20(25-26)22(29)23-11-14(2)3)24-21(28)19-10-9-17(33-19)13-32-16-7-5-15(6-8-16)27(30)31/h5-10,12,14H,4,11,13H2,1-3H3,(H,23,29)(H,24,28). The van der Waals surface area contributed by atoms with Crippen LogP contribution in [0.25, 0.3) is 0 Å². The number of hydrogen-bond donors (Lipinski definition) is 2. The Hall–Kier alpha value is -4.15. The molecule has 0 aliphatic heterocycles. The van der Waals surface area contributed by atoms with Crippen LogP contribution in [0.3, 0.4) is 0 Å². The highest BCUT2D eigenvalue weighted by Gasteiger charge is 2.20. The van der Waals surface area contributed by atoms with Crippen LogP contribution in [0, 0.1) is 16.0 Å². The molecule has 0 aliphatic rings. The summed E-state index contributed by atoms with van der Waals surface area (Å²) in [5.41, 5.74) is 0.366. The monoisotopic (exact) mass is 455 g/mol. The van der Waals surface area contributed by atoms with Gasteiger partial charge in [-0.3, -0.25) is 24.4 Å². The molecule has 0 saturated heterocycles. The third kappa shape index (κ3) is 6.19. The molecule has 2 amide bonds. The van der Waals surface area contributed by atoms with Crippen LogP contribution in [-0.4, -0.2) is 33.1 Å². The number of hydrogen-bond acceptors (Lipinski definition) is 7. The van der Waals surface area contributed by atoms with E-state index in [2.05, 4.69) is 15.7 Å². The molecular formula is C22H25N5O6. The van der Waals surface area contributed by atoms with Crippen LogP contribution in [-0.2, 0) is 13.2 Å². The van der Waals surface area contributed by atoms with Gasteiger partial charge in [0.25, 0.3) is 17.5 Å². The molecule has 2 heterocycles. The summed E-state index contributed by atoms with van der Waals surface area (Å²) in [7, 11) is 0. The van der Waals surface area contributed by atoms with Crippen molar-refractivity contribution in [3.8, 4) is 5.75 Å². The average Bonchev–Trinajstić information content (AvgIpc) is 3.43. The number of amides is 2. The summed E-state index contributed by atoms with van der Waals surface area (Å²) >= 11 is 0. The minimum atomic E-state index is -0.537. The van der Waals surface area contributed by atoms with E-state index < -0.39 is 10.8 Å². The number of nitro benzene ring substituents is 1. The van der Waals surface area contributed by atoms with Crippen LogP contribution in [0.15, 0.2) is 47.0 Å². The zero-order chi connectivity index (χ0) is 24.0. The van der Waals surface area contributed by atoms with Gasteiger partial charge in [-0.15, -0.1) is 0 Å². The van der Waals surface area contributed by atoms with Gasteiger partial charge in [0.05, 0.1) is 10.6 Å². The van der Waals surface area contributed by atoms with Crippen molar-refractivity contribution < 1.29 is 23.7 Å². The molecule has 3 rings (SSSR count). The summed E-state index contributed by atoms with van der Waals surface area (Å²) in [5, 5.41) is 20.4. The highest BCUT2D eigenvalue weighted by molar-refractivity contribution is 6.07. The van der Waals surface area contributed by atoms with Gasteiger partial charge in [-0.1, -0.05) is 13.8 Å². The van der Waals surface area contributed by atoms with Gasteiger partial charge in [0, 0.05) is 31.4 Å². The summed E-state index contributed by atoms with van der Waals surface area (Å²) < 4.78 is 12.6. The van der Waals surface area contributed by atoms with Gasteiger partial charge in [0.1, 0.15) is 18.1 Å². The summed E-state index contributed by atoms with van der Waals surface area (Å²) in [4.78, 5) is 35.4. The van der Waals surface area contributed by atoms with Crippen LogP contribution in [0.1, 0.15) is 47.6 Å². The largest absolute Gasteiger partial charge is 0.486 e. The molecular weight excluding hydrogens is 430 g/mol. The molecule has 0 fully saturated rings. The van der Waals surface area contributed by atoms with Crippen molar-refractivity contribution in [1.29, 1.82) is 0 Å². The lowest BCUT2D eigenvalue weighted by Crippen LogP contribution is -2.28. The predicted octanol–water partition coefficient (Wildman–Crippen LogP) is 3.62. The first-order chi connectivity index (χ1) is 15.8. The van der Waals surface area contributed by atoms with E-state index in [1.807, 2.05) is 20.8 Å². The van der Waals surface area contributed by atoms with E-state index in [1.54, 1.807) is 16.9 Å². The van der Waals surface area contributed by atoms with Crippen LogP contribution in [0.2, 0.25) is 0 Å². The maximum absolute atomic E-state index is 12.7. The van der Waals surface area contributed by atoms with Gasteiger partial charge in [-0.05, 0) is 37.1 Å². The van der Waals surface area contributed by atoms with E-state index >= 15 is 0 Å². The molecule has 2 aromatic heterocycles. The number of benzene rings is 1. The quantitative estimate of drug-likeness (QED) is 0.351. The van der Waals surface area contributed by atoms with Crippen molar-refractivity contribution in [2.45, 2.75) is 33.9 Å². The number of carbonyl (C=O) groups excluding carboxylic acids is 2. The van der Waals surface area contributed by atoms with Crippen LogP contribution in [0.4, 0.5) is 11.4 Å². The highest BCUT2D eigenvalue weighted by atomic mass is 16.6. The van der Waals surface area contributed by atoms with Crippen molar-refractivity contribution in [2.75, 3.05) is 11.9 Å². The zero-order valence-electron chi connectivity index (χ0n) is 18.5. The van der Waals surface area contributed by atoms with E-state index in [0.717, 1.165) is 0 Å². The average molecular weight is 455 g/mol. The van der Waals surface area contributed by atoms with Crippen molar-refractivity contribution in [3.63, 3.8) is 0 Å². The van der Waals surface area contributed by atoms with Crippen LogP contribution in [0.5, 0.6) is 5.75 Å². The highest BCUT2D eigenvalue weighted by Crippen LogP contribution is 2.20. The fraction of sp³-hybridized carbons (Fsp3) is 0.318. The maximum atomic E-state index is 12.7. The molecule has 2 N–H and O–H groups in total. The number of non-ortho nitro benzene ring substituents is 1. The Bertz CT molecular complexity index is 1130. The normalized spacial score (nSPS) is 10.8. The van der Waals surface area contributed by atoms with Gasteiger partial charge in [-0.2, -0.15) is 5.10 Å². The SMILES string of the molecule is CCn1cc(NC(=O)c2ccc(COc3ccc([N+](=O)[O-])cc3)o2)c(C(=O)NCC(C)C)n1. The lowest BCUT2D eigenvalue weighted by molar-refractivity contribution is -0.384. The molecule has 3 aromatic rings. The minimum absolute atomic E-state index is 0.0295. The summed E-state index contributed by atoms with van der Waals surface area (Å²) in [6, 6.07) is 8.71. The molecule has 11 nitrogen and oxygen atoms in total. The molecule has 0 bridgehead atoms. The van der Waals surface area contributed by atoms with E-state index in [0.29, 0.717) is 24.6 Å². The number of nitrogens with one attached hydrogen (secondary N) is 2. The minimum Gasteiger partial charge on any atom is -0.486 e. The van der Waals surface area contributed by atoms with Gasteiger partial charge < -0.3 is 19.8 Å². The van der Waals surface area contributed by atoms with Gasteiger partial charge in [0.2, 0.25) is 0 Å². The second kappa shape index (κ2) is 10.4. The Morgan fingerprint density at radius 1 is 1.18 bits per heavy atom. The first-order valence-electron chi connectivity index (χ1n) is 10.4. The molecule has 0 spiro atoms. The number of ether oxygens (including phenoxy) is 1. The lowest BCUT2D eigenvalue weighted by atomic mass is 10.2. The Morgan fingerprint density at radius 3 is 2.55 bits per heavy atom. The van der Waals surface area contributed by atoms with Crippen LogP contribution < -0.4 is 15.4 Å². The van der Waals surface area contributed by atoms with Gasteiger partial charge >= 0.3 is 0 Å². The Labute approximate surface area is 189 Å². The molecule has 0 atom stereocenters. The first-order valence-corrected chi connectivity index (χ1v) is 10.4. The van der Waals surface area contributed by atoms with Crippen molar-refractivity contribution in [3.05, 3.63) is 69.9 Å². The molecule has 0 radical (unpaired) electrons. The van der Waals surface area contributed by atoms with Crippen LogP contribution >= 0.6 is 0 Å². The van der Waals surface area contributed by atoms with E-state index in [-0.39, 0.29) is 41.3 Å². The summed E-state index contributed by atoms with van der Waals surface area (Å²) in [6.07, 6.45) is 1.59. The number of anilines is 1. The topological polar surface area (TPSA) is 142 Å². The number of nitro groups is 1. The Balaban J connectivity index is 1.64. The molecule has 1 aromatic carbocycles. The lowest BCUT2D eigenvalue weighted by Gasteiger charge is -2.07. The van der Waals surface area contributed by atoms with Crippen molar-refractivity contribution in [1.82, 2.24) is 15.1 Å². The predicted molar refractivity (Wildman–Crippen MR) is 119 cm³/mol. The smallest absolute Gasteiger partial charge is 0.291 e. The Morgan fingerprint density at radius 2 is 1.91 bits per heavy atom. The third-order valence-electron chi connectivity index (χ3n) is 4.53. The molecule has 0 saturated carbocycles. The third-order valence-corrected chi connectivity index (χ3v) is 4.53.